The summed E-state index contributed by atoms with van der Waals surface area (Å²) in [5, 5.41) is 12.1. The zero-order chi connectivity index (χ0) is 23.9. The number of amides is 1. The van der Waals surface area contributed by atoms with Crippen LogP contribution in [0.25, 0.3) is 11.0 Å². The van der Waals surface area contributed by atoms with Crippen molar-refractivity contribution in [1.29, 1.82) is 0 Å². The molecule has 0 N–H and O–H groups in total. The zero-order valence-electron chi connectivity index (χ0n) is 18.9. The lowest BCUT2D eigenvalue weighted by Crippen LogP contribution is -2.50. The molecule has 1 fully saturated rings. The summed E-state index contributed by atoms with van der Waals surface area (Å²) >= 11 is 0. The third kappa shape index (κ3) is 3.97. The summed E-state index contributed by atoms with van der Waals surface area (Å²) < 4.78 is 34.2. The van der Waals surface area contributed by atoms with Gasteiger partial charge >= 0.3 is 0 Å². The van der Waals surface area contributed by atoms with Crippen LogP contribution in [0.4, 0.5) is 0 Å². The van der Waals surface area contributed by atoms with Gasteiger partial charge in [0.25, 0.3) is 5.91 Å². The number of fused-ring (bicyclic) bond motifs is 1. The molecule has 10 nitrogen and oxygen atoms in total. The molecule has 4 aromatic rings. The first-order valence-corrected chi connectivity index (χ1v) is 12.4. The number of para-hydroxylation sites is 1. The van der Waals surface area contributed by atoms with Gasteiger partial charge in [0, 0.05) is 31.7 Å². The fourth-order valence-electron chi connectivity index (χ4n) is 4.25. The van der Waals surface area contributed by atoms with Gasteiger partial charge in [0.2, 0.25) is 10.0 Å². The number of benzene rings is 2. The SMILES string of the molecule is Cc1noc(C)c1S(=O)(=O)N1CCN(C(=O)c2ccc(Cn3nnc4ccccc43)cc2)CC1. The maximum atomic E-state index is 13.0. The molecule has 0 spiro atoms. The molecule has 0 radical (unpaired) electrons. The van der Waals surface area contributed by atoms with Crippen molar-refractivity contribution in [2.75, 3.05) is 26.2 Å². The van der Waals surface area contributed by atoms with Crippen molar-refractivity contribution in [3.63, 3.8) is 0 Å². The molecule has 34 heavy (non-hydrogen) atoms. The Kier molecular flexibility index (Phi) is 5.66. The number of aromatic nitrogens is 4. The lowest BCUT2D eigenvalue weighted by atomic mass is 10.1. The highest BCUT2D eigenvalue weighted by molar-refractivity contribution is 7.89. The Bertz CT molecular complexity index is 1430. The standard InChI is InChI=1S/C23H24N6O4S/c1-16-22(17(2)33-25-16)34(31,32)28-13-11-27(12-14-28)23(30)19-9-7-18(8-10-19)15-29-21-6-4-3-5-20(21)24-26-29/h3-10H,11-15H2,1-2H3. The van der Waals surface area contributed by atoms with Gasteiger partial charge in [0.05, 0.1) is 12.1 Å². The molecule has 11 heteroatoms. The molecule has 1 aliphatic heterocycles. The lowest BCUT2D eigenvalue weighted by molar-refractivity contribution is 0.0697. The molecular weight excluding hydrogens is 456 g/mol. The maximum Gasteiger partial charge on any atom is 0.253 e. The topological polar surface area (TPSA) is 114 Å². The van der Waals surface area contributed by atoms with Crippen LogP contribution >= 0.6 is 0 Å². The van der Waals surface area contributed by atoms with E-state index in [1.165, 1.54) is 4.31 Å². The maximum absolute atomic E-state index is 13.0. The Morgan fingerprint density at radius 2 is 1.71 bits per heavy atom. The highest BCUT2D eigenvalue weighted by Crippen LogP contribution is 2.24. The fourth-order valence-corrected chi connectivity index (χ4v) is 5.96. The van der Waals surface area contributed by atoms with Crippen LogP contribution in [-0.4, -0.2) is 69.9 Å². The third-order valence-electron chi connectivity index (χ3n) is 6.05. The van der Waals surface area contributed by atoms with Crippen molar-refractivity contribution in [3.05, 3.63) is 71.1 Å². The minimum atomic E-state index is -3.71. The molecule has 3 heterocycles. The molecule has 1 saturated heterocycles. The van der Waals surface area contributed by atoms with E-state index in [4.69, 9.17) is 4.52 Å². The Morgan fingerprint density at radius 3 is 2.38 bits per heavy atom. The molecule has 176 valence electrons. The summed E-state index contributed by atoms with van der Waals surface area (Å²) in [6, 6.07) is 15.2. The molecule has 0 atom stereocenters. The molecule has 0 aliphatic carbocycles. The van der Waals surface area contributed by atoms with E-state index in [-0.39, 0.29) is 29.7 Å². The van der Waals surface area contributed by atoms with Gasteiger partial charge < -0.3 is 9.42 Å². The van der Waals surface area contributed by atoms with Crippen LogP contribution in [0.2, 0.25) is 0 Å². The minimum absolute atomic E-state index is 0.114. The first-order chi connectivity index (χ1) is 16.3. The van der Waals surface area contributed by atoms with E-state index in [1.807, 2.05) is 41.1 Å². The molecule has 0 bridgehead atoms. The number of carbonyl (C=O) groups is 1. The number of nitrogens with zero attached hydrogens (tertiary/aromatic N) is 6. The Morgan fingerprint density at radius 1 is 1.00 bits per heavy atom. The van der Waals surface area contributed by atoms with Crippen molar-refractivity contribution in [1.82, 2.24) is 29.4 Å². The van der Waals surface area contributed by atoms with Gasteiger partial charge in [-0.2, -0.15) is 4.31 Å². The Hall–Kier alpha value is -3.57. The molecule has 2 aromatic heterocycles. The van der Waals surface area contributed by atoms with Crippen molar-refractivity contribution >= 4 is 27.0 Å². The predicted molar refractivity (Wildman–Crippen MR) is 124 cm³/mol. The largest absolute Gasteiger partial charge is 0.360 e. The van der Waals surface area contributed by atoms with Crippen LogP contribution in [0.15, 0.2) is 57.9 Å². The summed E-state index contributed by atoms with van der Waals surface area (Å²) in [5.41, 5.74) is 3.70. The van der Waals surface area contributed by atoms with Crippen LogP contribution in [0.1, 0.15) is 27.4 Å². The first-order valence-electron chi connectivity index (χ1n) is 10.9. The first kappa shape index (κ1) is 22.2. The fraction of sp³-hybridized carbons (Fsp3) is 0.304. The van der Waals surface area contributed by atoms with Crippen molar-refractivity contribution in [3.8, 4) is 0 Å². The van der Waals surface area contributed by atoms with Gasteiger partial charge in [0.1, 0.15) is 16.1 Å². The quantitative estimate of drug-likeness (QED) is 0.430. The normalized spacial score (nSPS) is 15.2. The summed E-state index contributed by atoms with van der Waals surface area (Å²) in [6.45, 7) is 4.81. The van der Waals surface area contributed by atoms with Crippen molar-refractivity contribution < 1.29 is 17.7 Å². The number of piperazine rings is 1. The van der Waals surface area contributed by atoms with E-state index in [0.29, 0.717) is 30.9 Å². The highest BCUT2D eigenvalue weighted by Gasteiger charge is 2.34. The zero-order valence-corrected chi connectivity index (χ0v) is 19.7. The minimum Gasteiger partial charge on any atom is -0.360 e. The molecule has 2 aromatic carbocycles. The van der Waals surface area contributed by atoms with Gasteiger partial charge in [-0.05, 0) is 43.7 Å². The van der Waals surface area contributed by atoms with Crippen LogP contribution in [0.5, 0.6) is 0 Å². The molecular formula is C23H24N6O4S. The van der Waals surface area contributed by atoms with E-state index in [1.54, 1.807) is 30.9 Å². The van der Waals surface area contributed by atoms with E-state index in [0.717, 1.165) is 16.6 Å². The van der Waals surface area contributed by atoms with E-state index in [2.05, 4.69) is 15.5 Å². The van der Waals surface area contributed by atoms with Crippen LogP contribution in [0.3, 0.4) is 0 Å². The number of hydrogen-bond donors (Lipinski definition) is 0. The van der Waals surface area contributed by atoms with E-state index >= 15 is 0 Å². The second-order valence-corrected chi connectivity index (χ2v) is 10.2. The molecule has 1 aliphatic rings. The number of hydrogen-bond acceptors (Lipinski definition) is 7. The Labute approximate surface area is 196 Å². The summed E-state index contributed by atoms with van der Waals surface area (Å²) in [6.07, 6.45) is 0. The second kappa shape index (κ2) is 8.65. The van der Waals surface area contributed by atoms with Crippen LogP contribution in [-0.2, 0) is 16.6 Å². The van der Waals surface area contributed by atoms with Gasteiger partial charge in [-0.3, -0.25) is 4.79 Å². The third-order valence-corrected chi connectivity index (χ3v) is 8.19. The number of carbonyl (C=O) groups excluding carboxylic acids is 1. The van der Waals surface area contributed by atoms with Gasteiger partial charge in [-0.1, -0.05) is 34.6 Å². The van der Waals surface area contributed by atoms with E-state index in [9.17, 15) is 13.2 Å². The molecule has 1 amide bonds. The smallest absolute Gasteiger partial charge is 0.253 e. The van der Waals surface area contributed by atoms with Crippen LogP contribution < -0.4 is 0 Å². The average Bonchev–Trinajstić information content (AvgIpc) is 3.42. The molecule has 5 rings (SSSR count). The number of aryl methyl sites for hydroxylation is 2. The molecule has 0 unspecified atom stereocenters. The van der Waals surface area contributed by atoms with Gasteiger partial charge in [-0.15, -0.1) is 5.10 Å². The van der Waals surface area contributed by atoms with Gasteiger partial charge in [0.15, 0.2) is 5.76 Å². The lowest BCUT2D eigenvalue weighted by Gasteiger charge is -2.34. The van der Waals surface area contributed by atoms with E-state index < -0.39 is 10.0 Å². The monoisotopic (exact) mass is 480 g/mol. The number of sulfonamides is 1. The van der Waals surface area contributed by atoms with Crippen LogP contribution in [0, 0.1) is 13.8 Å². The number of rotatable bonds is 5. The summed E-state index contributed by atoms with van der Waals surface area (Å²) in [5.74, 6) is 0.155. The van der Waals surface area contributed by atoms with Crippen molar-refractivity contribution in [2.24, 2.45) is 0 Å². The highest BCUT2D eigenvalue weighted by atomic mass is 32.2. The molecule has 0 saturated carbocycles. The van der Waals surface area contributed by atoms with Gasteiger partial charge in [-0.25, -0.2) is 13.1 Å². The second-order valence-electron chi connectivity index (χ2n) is 8.28. The predicted octanol–water partition coefficient (Wildman–Crippen LogP) is 2.23. The Balaban J connectivity index is 1.23. The van der Waals surface area contributed by atoms with Crippen molar-refractivity contribution in [2.45, 2.75) is 25.3 Å². The summed E-state index contributed by atoms with van der Waals surface area (Å²) in [4.78, 5) is 14.8. The average molecular weight is 481 g/mol. The summed E-state index contributed by atoms with van der Waals surface area (Å²) in [7, 11) is -3.71.